The first-order chi connectivity index (χ1) is 20.5. The SMILES string of the molecule is CC(=O)OC1CC2(O)C3CCC4CC(N(C)C(=O)OCCN5CCOCC5)CCC4(C)C3CCC2(C)C1C1=CC(=O)OC1. The van der Waals surface area contributed by atoms with Gasteiger partial charge in [-0.25, -0.2) is 9.59 Å². The highest BCUT2D eigenvalue weighted by atomic mass is 16.6. The molecule has 1 amide bonds. The van der Waals surface area contributed by atoms with E-state index in [0.717, 1.165) is 83.4 Å². The van der Waals surface area contributed by atoms with E-state index < -0.39 is 17.1 Å². The van der Waals surface area contributed by atoms with Gasteiger partial charge in [-0.15, -0.1) is 0 Å². The lowest BCUT2D eigenvalue weighted by Gasteiger charge is -2.63. The van der Waals surface area contributed by atoms with Gasteiger partial charge in [-0.2, -0.15) is 0 Å². The number of hydrogen-bond acceptors (Lipinski definition) is 9. The number of aliphatic hydroxyl groups is 1. The second-order valence-corrected chi connectivity index (χ2v) is 14.6. The van der Waals surface area contributed by atoms with Crippen LogP contribution in [0.3, 0.4) is 0 Å². The minimum Gasteiger partial charge on any atom is -0.462 e. The molecule has 6 rings (SSSR count). The molecule has 0 aromatic heterocycles. The Morgan fingerprint density at radius 3 is 2.58 bits per heavy atom. The number of amides is 1. The summed E-state index contributed by atoms with van der Waals surface area (Å²) in [7, 11) is 1.88. The first-order valence-corrected chi connectivity index (χ1v) is 16.4. The summed E-state index contributed by atoms with van der Waals surface area (Å²) < 4.78 is 22.2. The van der Waals surface area contributed by atoms with Crippen LogP contribution in [-0.2, 0) is 28.5 Å². The van der Waals surface area contributed by atoms with Gasteiger partial charge in [0.05, 0.1) is 18.8 Å². The molecule has 6 aliphatic rings. The maximum atomic E-state index is 13.0. The molecule has 5 fully saturated rings. The van der Waals surface area contributed by atoms with Crippen molar-refractivity contribution in [2.45, 2.75) is 89.9 Å². The van der Waals surface area contributed by atoms with Gasteiger partial charge in [-0.1, -0.05) is 13.8 Å². The average molecular weight is 603 g/mol. The van der Waals surface area contributed by atoms with Crippen molar-refractivity contribution in [2.75, 3.05) is 53.1 Å². The van der Waals surface area contributed by atoms with Crippen LogP contribution in [0.25, 0.3) is 0 Å². The first-order valence-electron chi connectivity index (χ1n) is 16.4. The van der Waals surface area contributed by atoms with Crippen LogP contribution < -0.4 is 0 Å². The topological polar surface area (TPSA) is 115 Å². The molecule has 240 valence electrons. The van der Waals surface area contributed by atoms with Gasteiger partial charge in [-0.3, -0.25) is 9.69 Å². The number of fused-ring (bicyclic) bond motifs is 5. The highest BCUT2D eigenvalue weighted by Gasteiger charge is 2.71. The van der Waals surface area contributed by atoms with Crippen molar-refractivity contribution in [3.8, 4) is 0 Å². The summed E-state index contributed by atoms with van der Waals surface area (Å²) in [6.45, 7) is 10.5. The number of morpholine rings is 1. The van der Waals surface area contributed by atoms with Crippen LogP contribution in [0.15, 0.2) is 11.6 Å². The number of cyclic esters (lactones) is 1. The molecule has 0 aromatic rings. The van der Waals surface area contributed by atoms with Crippen LogP contribution in [0.2, 0.25) is 0 Å². The fourth-order valence-electron chi connectivity index (χ4n) is 10.4. The molecule has 2 aliphatic heterocycles. The molecule has 4 aliphatic carbocycles. The zero-order valence-corrected chi connectivity index (χ0v) is 26.3. The van der Waals surface area contributed by atoms with Crippen molar-refractivity contribution in [2.24, 2.45) is 34.5 Å². The van der Waals surface area contributed by atoms with Gasteiger partial charge in [0.15, 0.2) is 0 Å². The largest absolute Gasteiger partial charge is 0.462 e. The third kappa shape index (κ3) is 5.29. The second-order valence-electron chi connectivity index (χ2n) is 14.6. The summed E-state index contributed by atoms with van der Waals surface area (Å²) in [4.78, 5) is 41.3. The number of rotatable bonds is 6. The molecule has 0 bridgehead atoms. The minimum atomic E-state index is -1.00. The number of carbonyl (C=O) groups is 3. The van der Waals surface area contributed by atoms with Gasteiger partial charge in [0.1, 0.15) is 19.3 Å². The summed E-state index contributed by atoms with van der Waals surface area (Å²) in [5, 5.41) is 12.7. The standard InChI is InChI=1S/C33H50N2O8/c1-21(36)43-27-19-33(39)26-6-5-23-18-24(34(4)30(38)41-16-13-35-11-14-40-15-12-35)7-9-31(23,2)25(26)8-10-32(33,3)29(27)22-17-28(37)42-20-22/h17,23-27,29,39H,5-16,18-20H2,1-4H3. The Morgan fingerprint density at radius 2 is 1.88 bits per heavy atom. The molecule has 0 aromatic carbocycles. The highest BCUT2D eigenvalue weighted by molar-refractivity contribution is 5.85. The van der Waals surface area contributed by atoms with Gasteiger partial charge in [0.25, 0.3) is 0 Å². The van der Waals surface area contributed by atoms with E-state index in [1.807, 2.05) is 11.9 Å². The maximum absolute atomic E-state index is 13.0. The van der Waals surface area contributed by atoms with Crippen molar-refractivity contribution in [1.29, 1.82) is 0 Å². The van der Waals surface area contributed by atoms with Gasteiger partial charge >= 0.3 is 18.0 Å². The van der Waals surface area contributed by atoms with Crippen LogP contribution in [0.1, 0.15) is 72.1 Å². The van der Waals surface area contributed by atoms with Crippen LogP contribution in [0.5, 0.6) is 0 Å². The van der Waals surface area contributed by atoms with E-state index in [2.05, 4.69) is 18.7 Å². The van der Waals surface area contributed by atoms with E-state index in [1.165, 1.54) is 6.92 Å². The Labute approximate surface area is 255 Å². The van der Waals surface area contributed by atoms with Crippen molar-refractivity contribution < 1.29 is 38.4 Å². The molecule has 9 unspecified atom stereocenters. The molecular weight excluding hydrogens is 552 g/mol. The minimum absolute atomic E-state index is 0.0677. The molecule has 10 heteroatoms. The summed E-state index contributed by atoms with van der Waals surface area (Å²) in [5.74, 6) is -0.0510. The predicted molar refractivity (Wildman–Crippen MR) is 157 cm³/mol. The second kappa shape index (κ2) is 11.6. The van der Waals surface area contributed by atoms with Crippen molar-refractivity contribution in [3.05, 3.63) is 11.6 Å². The summed E-state index contributed by atoms with van der Waals surface area (Å²) in [6, 6.07) is 0.151. The molecule has 43 heavy (non-hydrogen) atoms. The number of carbonyl (C=O) groups excluding carboxylic acids is 3. The van der Waals surface area contributed by atoms with E-state index in [-0.39, 0.29) is 47.9 Å². The van der Waals surface area contributed by atoms with Crippen molar-refractivity contribution >= 4 is 18.0 Å². The molecule has 2 heterocycles. The molecular formula is C33H50N2O8. The van der Waals surface area contributed by atoms with E-state index in [9.17, 15) is 19.5 Å². The van der Waals surface area contributed by atoms with Crippen LogP contribution >= 0.6 is 0 Å². The van der Waals surface area contributed by atoms with E-state index in [1.54, 1.807) is 6.08 Å². The number of nitrogens with zero attached hydrogens (tertiary/aromatic N) is 2. The number of esters is 2. The fourth-order valence-corrected chi connectivity index (χ4v) is 10.4. The van der Waals surface area contributed by atoms with Crippen LogP contribution in [-0.4, -0.2) is 104 Å². The lowest BCUT2D eigenvalue weighted by molar-refractivity contribution is -0.206. The van der Waals surface area contributed by atoms with Gasteiger partial charge in [-0.05, 0) is 73.7 Å². The monoisotopic (exact) mass is 602 g/mol. The lowest BCUT2D eigenvalue weighted by Crippen LogP contribution is -2.62. The number of ether oxygens (including phenoxy) is 4. The molecule has 10 nitrogen and oxygen atoms in total. The smallest absolute Gasteiger partial charge is 0.409 e. The normalized spacial score (nSPS) is 42.6. The summed E-state index contributed by atoms with van der Waals surface area (Å²) >= 11 is 0. The summed E-state index contributed by atoms with van der Waals surface area (Å²) in [6.07, 6.45) is 7.81. The molecule has 0 radical (unpaired) electrons. The van der Waals surface area contributed by atoms with Gasteiger partial charge in [0, 0.05) is 63.5 Å². The third-order valence-electron chi connectivity index (χ3n) is 12.8. The Hall–Kier alpha value is -2.17. The van der Waals surface area contributed by atoms with Gasteiger partial charge < -0.3 is 29.0 Å². The number of hydrogen-bond donors (Lipinski definition) is 1. The Bertz CT molecular complexity index is 1140. The molecule has 1 saturated heterocycles. The molecule has 4 saturated carbocycles. The Balaban J connectivity index is 1.13. The van der Waals surface area contributed by atoms with Crippen molar-refractivity contribution in [3.63, 3.8) is 0 Å². The summed E-state index contributed by atoms with van der Waals surface area (Å²) in [5.41, 5.74) is -0.606. The van der Waals surface area contributed by atoms with Gasteiger partial charge in [0.2, 0.25) is 0 Å². The van der Waals surface area contributed by atoms with E-state index >= 15 is 0 Å². The van der Waals surface area contributed by atoms with E-state index in [0.29, 0.717) is 24.9 Å². The maximum Gasteiger partial charge on any atom is 0.409 e. The van der Waals surface area contributed by atoms with E-state index in [4.69, 9.17) is 18.9 Å². The zero-order valence-electron chi connectivity index (χ0n) is 26.3. The lowest BCUT2D eigenvalue weighted by atomic mass is 9.43. The van der Waals surface area contributed by atoms with Crippen LogP contribution in [0, 0.1) is 34.5 Å². The van der Waals surface area contributed by atoms with Crippen LogP contribution in [0.4, 0.5) is 4.79 Å². The van der Waals surface area contributed by atoms with Crippen molar-refractivity contribution in [1.82, 2.24) is 9.80 Å². The molecule has 1 N–H and O–H groups in total. The zero-order chi connectivity index (χ0) is 30.6. The Morgan fingerprint density at radius 1 is 1.12 bits per heavy atom. The molecule has 9 atom stereocenters. The predicted octanol–water partition coefficient (Wildman–Crippen LogP) is 3.55. The Kier molecular flexibility index (Phi) is 8.35. The third-order valence-corrected chi connectivity index (χ3v) is 12.8. The average Bonchev–Trinajstić information content (AvgIpc) is 3.49. The first kappa shape index (κ1) is 30.8. The fraction of sp³-hybridized carbons (Fsp3) is 0.848. The quantitative estimate of drug-likeness (QED) is 0.360. The molecule has 0 spiro atoms. The highest BCUT2D eigenvalue weighted by Crippen LogP contribution is 2.70.